The molecule has 0 fully saturated rings. The van der Waals surface area contributed by atoms with E-state index in [-0.39, 0.29) is 17.1 Å². The van der Waals surface area contributed by atoms with E-state index >= 15 is 0 Å². The molecule has 5 heteroatoms. The SMILES string of the molecule is CCCB(CCC)C1C=[C-]C=CC=C1.[C-]#[O+].[C-]#[O+].[C-]#[O+].[Fe]. The predicted molar refractivity (Wildman–Crippen MR) is 77.6 cm³/mol. The average Bonchev–Trinajstić information content (AvgIpc) is 2.82. The van der Waals surface area contributed by atoms with Crippen LogP contribution < -0.4 is 0 Å². The molecular weight excluding hydrogens is 307 g/mol. The maximum Gasteiger partial charge on any atom is 0 e. The first kappa shape index (κ1) is 28.2. The summed E-state index contributed by atoms with van der Waals surface area (Å²) < 4.78 is 22.5. The van der Waals surface area contributed by atoms with Crippen molar-refractivity contribution in [2.24, 2.45) is 0 Å². The summed E-state index contributed by atoms with van der Waals surface area (Å²) in [6, 6.07) is 0. The number of rotatable bonds is 5. The van der Waals surface area contributed by atoms with Gasteiger partial charge in [-0.05, 0) is 5.82 Å². The molecule has 0 aromatic carbocycles. The van der Waals surface area contributed by atoms with Crippen molar-refractivity contribution in [3.63, 3.8) is 0 Å². The summed E-state index contributed by atoms with van der Waals surface area (Å²) in [5.41, 5.74) is 0. The Bertz CT molecular complexity index is 307. The molecule has 0 saturated heterocycles. The van der Waals surface area contributed by atoms with Crippen LogP contribution in [0.15, 0.2) is 30.4 Å². The largest absolute Gasteiger partial charge is 0 e. The summed E-state index contributed by atoms with van der Waals surface area (Å²) in [7, 11) is 0. The van der Waals surface area contributed by atoms with Gasteiger partial charge in [0.2, 0.25) is 0 Å². The normalized spacial score (nSPS) is 13.4. The topological polar surface area (TPSA) is 59.7 Å². The van der Waals surface area contributed by atoms with Gasteiger partial charge in [-0.15, -0.1) is 12.2 Å². The fraction of sp³-hybridized carbons (Fsp3) is 0.438. The second-order valence-corrected chi connectivity index (χ2v) is 3.99. The van der Waals surface area contributed by atoms with Gasteiger partial charge in [0.15, 0.2) is 0 Å². The monoisotopic (exact) mass is 327 g/mol. The van der Waals surface area contributed by atoms with E-state index in [0.29, 0.717) is 5.82 Å². The smallest absolute Gasteiger partial charge is 0 e. The van der Waals surface area contributed by atoms with Crippen molar-refractivity contribution in [1.29, 1.82) is 0 Å². The zero-order valence-corrected chi connectivity index (χ0v) is 13.6. The van der Waals surface area contributed by atoms with Crippen molar-refractivity contribution in [2.45, 2.75) is 45.1 Å². The van der Waals surface area contributed by atoms with E-state index in [1.165, 1.54) is 25.5 Å². The Kier molecular flexibility index (Phi) is 36.8. The first-order valence-corrected chi connectivity index (χ1v) is 6.42. The summed E-state index contributed by atoms with van der Waals surface area (Å²) in [6.45, 7) is 18.9. The van der Waals surface area contributed by atoms with Gasteiger partial charge in [-0.25, -0.2) is 12.2 Å². The number of allylic oxidation sites excluding steroid dienone is 6. The molecule has 21 heavy (non-hydrogen) atoms. The molecule has 0 heterocycles. The minimum absolute atomic E-state index is 0. The van der Waals surface area contributed by atoms with Crippen molar-refractivity contribution in [3.8, 4) is 0 Å². The van der Waals surface area contributed by atoms with E-state index in [1.54, 1.807) is 0 Å². The van der Waals surface area contributed by atoms with E-state index < -0.39 is 0 Å². The van der Waals surface area contributed by atoms with Gasteiger partial charge < -0.3 is 0 Å². The summed E-state index contributed by atoms with van der Waals surface area (Å²) in [5, 5.41) is 0. The van der Waals surface area contributed by atoms with Crippen LogP contribution in [0.5, 0.6) is 0 Å². The van der Waals surface area contributed by atoms with Crippen LogP contribution in [0, 0.1) is 26.0 Å². The summed E-state index contributed by atoms with van der Waals surface area (Å²) >= 11 is 0. The van der Waals surface area contributed by atoms with Gasteiger partial charge in [0, 0.05) is 17.1 Å². The fourth-order valence-corrected chi connectivity index (χ4v) is 2.09. The number of hydrogen-bond donors (Lipinski definition) is 0. The molecule has 1 atom stereocenters. The van der Waals surface area contributed by atoms with Crippen LogP contribution in [-0.2, 0) is 31.0 Å². The van der Waals surface area contributed by atoms with Crippen molar-refractivity contribution in [1.82, 2.24) is 0 Å². The quantitative estimate of drug-likeness (QED) is 0.416. The molecule has 1 rings (SSSR count). The van der Waals surface area contributed by atoms with Crippen LogP contribution in [0.2, 0.25) is 18.5 Å². The van der Waals surface area contributed by atoms with Gasteiger partial charge in [-0.1, -0.05) is 39.3 Å². The van der Waals surface area contributed by atoms with Gasteiger partial charge in [-0.2, -0.15) is 6.08 Å². The van der Waals surface area contributed by atoms with E-state index in [0.717, 1.165) is 6.71 Å². The Labute approximate surface area is 139 Å². The molecule has 0 aliphatic heterocycles. The van der Waals surface area contributed by atoms with Crippen LogP contribution in [0.4, 0.5) is 0 Å². The molecule has 1 aliphatic rings. The third-order valence-electron chi connectivity index (χ3n) is 2.79. The van der Waals surface area contributed by atoms with Crippen LogP contribution >= 0.6 is 0 Å². The Hall–Kier alpha value is -0.976. The minimum Gasteiger partial charge on any atom is 0 e. The Balaban J connectivity index is -0.000000183. The van der Waals surface area contributed by atoms with Crippen molar-refractivity contribution >= 4 is 6.71 Å². The van der Waals surface area contributed by atoms with Gasteiger partial charge >= 0.3 is 33.9 Å². The maximum absolute atomic E-state index is 7.50. The molecule has 3 nitrogen and oxygen atoms in total. The second-order valence-electron chi connectivity index (χ2n) is 3.99. The van der Waals surface area contributed by atoms with E-state index in [4.69, 9.17) is 14.0 Å². The van der Waals surface area contributed by atoms with E-state index in [9.17, 15) is 0 Å². The van der Waals surface area contributed by atoms with E-state index in [1.807, 2.05) is 6.08 Å². The van der Waals surface area contributed by atoms with Gasteiger partial charge in [0.05, 0.1) is 0 Å². The zero-order chi connectivity index (χ0) is 16.2. The second kappa shape index (κ2) is 27.4. The summed E-state index contributed by atoms with van der Waals surface area (Å²) in [5.74, 6) is 0.602. The summed E-state index contributed by atoms with van der Waals surface area (Å²) in [6.07, 6.45) is 19.2. The van der Waals surface area contributed by atoms with Crippen molar-refractivity contribution in [2.75, 3.05) is 0 Å². The summed E-state index contributed by atoms with van der Waals surface area (Å²) in [4.78, 5) is 0. The van der Waals surface area contributed by atoms with Gasteiger partial charge in [-0.3, -0.25) is 6.08 Å². The average molecular weight is 327 g/mol. The van der Waals surface area contributed by atoms with Crippen molar-refractivity contribution < 1.29 is 31.0 Å². The van der Waals surface area contributed by atoms with Crippen molar-refractivity contribution in [3.05, 3.63) is 56.4 Å². The third kappa shape index (κ3) is 17.0. The number of hydrogen-bond acceptors (Lipinski definition) is 0. The molecular formula is C16H20BFeO3-. The Morgan fingerprint density at radius 1 is 0.952 bits per heavy atom. The molecule has 1 aliphatic carbocycles. The fourth-order valence-electron chi connectivity index (χ4n) is 2.09. The molecule has 0 bridgehead atoms. The first-order chi connectivity index (χ1) is 9.88. The molecule has 0 N–H and O–H groups in total. The van der Waals surface area contributed by atoms with Gasteiger partial charge in [0.25, 0.3) is 0 Å². The first-order valence-electron chi connectivity index (χ1n) is 6.42. The molecule has 0 aromatic rings. The Morgan fingerprint density at radius 3 is 1.86 bits per heavy atom. The molecule has 0 aromatic heterocycles. The van der Waals surface area contributed by atoms with Crippen LogP contribution in [-0.4, -0.2) is 6.71 Å². The minimum atomic E-state index is 0. The molecule has 0 saturated carbocycles. The predicted octanol–water partition coefficient (Wildman–Crippen LogP) is 4.04. The Morgan fingerprint density at radius 2 is 1.43 bits per heavy atom. The van der Waals surface area contributed by atoms with Crippen LogP contribution in [0.1, 0.15) is 26.7 Å². The molecule has 114 valence electrons. The molecule has 0 spiro atoms. The zero-order valence-electron chi connectivity index (χ0n) is 12.4. The molecule has 0 radical (unpaired) electrons. The molecule has 0 amide bonds. The maximum atomic E-state index is 7.50. The standard InChI is InChI=1S/C13H20B.3CO.Fe/c1-3-11-14(12-4-2)13-9-7-5-6-8-10-13;3*1-2;/h5-7,9-10,13H,3-4,11-12H2,1-2H3;;;;/q-1;;;;. The van der Waals surface area contributed by atoms with Gasteiger partial charge in [0.1, 0.15) is 6.71 Å². The van der Waals surface area contributed by atoms with Crippen LogP contribution in [0.3, 0.4) is 0 Å². The van der Waals surface area contributed by atoms with Crippen LogP contribution in [0.25, 0.3) is 0 Å². The van der Waals surface area contributed by atoms with E-state index in [2.05, 4.69) is 64.2 Å². The molecule has 1 unspecified atom stereocenters. The third-order valence-corrected chi connectivity index (χ3v) is 2.79.